The van der Waals surface area contributed by atoms with Crippen LogP contribution in [0.5, 0.6) is 0 Å². The summed E-state index contributed by atoms with van der Waals surface area (Å²) in [5.74, 6) is 0. The molecule has 0 amide bonds. The maximum atomic E-state index is 6.17. The highest BCUT2D eigenvalue weighted by Gasteiger charge is 2.27. The Morgan fingerprint density at radius 1 is 1.00 bits per heavy atom. The van der Waals surface area contributed by atoms with E-state index < -0.39 is 0 Å². The van der Waals surface area contributed by atoms with Gasteiger partial charge in [0.05, 0.1) is 6.04 Å². The number of nitrogens with two attached hydrogens (primary N) is 1. The first-order chi connectivity index (χ1) is 8.74. The minimum atomic E-state index is 0.157. The maximum absolute atomic E-state index is 6.17. The Kier molecular flexibility index (Phi) is 2.80. The summed E-state index contributed by atoms with van der Waals surface area (Å²) in [6, 6.07) is 17.5. The largest absolute Gasteiger partial charge is 0.378 e. The molecular formula is C16H18N2. The lowest BCUT2D eigenvalue weighted by Gasteiger charge is -2.15. The molecule has 0 saturated heterocycles. The molecule has 2 heteroatoms. The highest BCUT2D eigenvalue weighted by Crippen LogP contribution is 2.38. The first-order valence-electron chi connectivity index (χ1n) is 6.41. The van der Waals surface area contributed by atoms with Crippen LogP contribution in [0.3, 0.4) is 0 Å². The van der Waals surface area contributed by atoms with Crippen molar-refractivity contribution < 1.29 is 0 Å². The standard InChI is InChI=1S/C16H18N2/c1-11-6-8-12(9-7-11)18-16-10-15(17)13-4-2-3-5-14(13)16/h2-9,15-16,18H,10,17H2,1H3. The average molecular weight is 238 g/mol. The van der Waals surface area contributed by atoms with Crippen molar-refractivity contribution in [2.45, 2.75) is 25.4 Å². The van der Waals surface area contributed by atoms with E-state index in [0.717, 1.165) is 12.1 Å². The van der Waals surface area contributed by atoms with Gasteiger partial charge in [-0.15, -0.1) is 0 Å². The highest BCUT2D eigenvalue weighted by atomic mass is 14.9. The number of rotatable bonds is 2. The Balaban J connectivity index is 1.85. The summed E-state index contributed by atoms with van der Waals surface area (Å²) in [4.78, 5) is 0. The van der Waals surface area contributed by atoms with Crippen molar-refractivity contribution in [1.82, 2.24) is 0 Å². The number of benzene rings is 2. The molecule has 3 N–H and O–H groups in total. The molecule has 0 saturated carbocycles. The van der Waals surface area contributed by atoms with Gasteiger partial charge in [0.1, 0.15) is 0 Å². The van der Waals surface area contributed by atoms with Crippen LogP contribution in [-0.4, -0.2) is 0 Å². The number of anilines is 1. The summed E-state index contributed by atoms with van der Waals surface area (Å²) in [6.07, 6.45) is 0.965. The Hall–Kier alpha value is -1.80. The van der Waals surface area contributed by atoms with Crippen LogP contribution in [0.2, 0.25) is 0 Å². The zero-order valence-corrected chi connectivity index (χ0v) is 10.6. The van der Waals surface area contributed by atoms with Crippen molar-refractivity contribution in [3.63, 3.8) is 0 Å². The molecule has 92 valence electrons. The average Bonchev–Trinajstić information content (AvgIpc) is 2.70. The Bertz CT molecular complexity index is 545. The first-order valence-corrected chi connectivity index (χ1v) is 6.41. The van der Waals surface area contributed by atoms with Crippen molar-refractivity contribution in [2.75, 3.05) is 5.32 Å². The fraction of sp³-hybridized carbons (Fsp3) is 0.250. The molecule has 1 aliphatic carbocycles. The molecular weight excluding hydrogens is 220 g/mol. The predicted octanol–water partition coefficient (Wildman–Crippen LogP) is 3.55. The Morgan fingerprint density at radius 2 is 1.67 bits per heavy atom. The zero-order valence-electron chi connectivity index (χ0n) is 10.6. The fourth-order valence-corrected chi connectivity index (χ4v) is 2.66. The van der Waals surface area contributed by atoms with E-state index in [1.807, 2.05) is 0 Å². The van der Waals surface area contributed by atoms with Gasteiger partial charge in [0, 0.05) is 11.7 Å². The van der Waals surface area contributed by atoms with E-state index in [4.69, 9.17) is 5.73 Å². The molecule has 0 aliphatic heterocycles. The van der Waals surface area contributed by atoms with Gasteiger partial charge in [-0.1, -0.05) is 42.0 Å². The molecule has 0 fully saturated rings. The zero-order chi connectivity index (χ0) is 12.5. The smallest absolute Gasteiger partial charge is 0.0535 e. The van der Waals surface area contributed by atoms with Gasteiger partial charge in [-0.25, -0.2) is 0 Å². The van der Waals surface area contributed by atoms with Gasteiger partial charge in [0.2, 0.25) is 0 Å². The summed E-state index contributed by atoms with van der Waals surface area (Å²) in [5, 5.41) is 3.57. The second-order valence-electron chi connectivity index (χ2n) is 5.03. The van der Waals surface area contributed by atoms with Crippen LogP contribution in [0.25, 0.3) is 0 Å². The van der Waals surface area contributed by atoms with Gasteiger partial charge < -0.3 is 11.1 Å². The number of aryl methyl sites for hydroxylation is 1. The molecule has 0 radical (unpaired) electrons. The Labute approximate surface area is 108 Å². The van der Waals surface area contributed by atoms with E-state index in [0.29, 0.717) is 6.04 Å². The second-order valence-corrected chi connectivity index (χ2v) is 5.03. The van der Waals surface area contributed by atoms with Gasteiger partial charge in [0.15, 0.2) is 0 Å². The molecule has 2 unspecified atom stereocenters. The first kappa shape index (κ1) is 11.3. The van der Waals surface area contributed by atoms with Crippen molar-refractivity contribution in [3.8, 4) is 0 Å². The Morgan fingerprint density at radius 3 is 2.39 bits per heavy atom. The quantitative estimate of drug-likeness (QED) is 0.839. The molecule has 2 aromatic rings. The van der Waals surface area contributed by atoms with E-state index in [2.05, 4.69) is 60.8 Å². The highest BCUT2D eigenvalue weighted by molar-refractivity contribution is 5.49. The summed E-state index contributed by atoms with van der Waals surface area (Å²) < 4.78 is 0. The summed E-state index contributed by atoms with van der Waals surface area (Å²) in [5.41, 5.74) is 11.2. The van der Waals surface area contributed by atoms with Gasteiger partial charge in [-0.3, -0.25) is 0 Å². The number of fused-ring (bicyclic) bond motifs is 1. The second kappa shape index (κ2) is 4.46. The number of hydrogen-bond acceptors (Lipinski definition) is 2. The van der Waals surface area contributed by atoms with Gasteiger partial charge in [-0.05, 0) is 36.6 Å². The molecule has 1 aliphatic rings. The van der Waals surface area contributed by atoms with Crippen molar-refractivity contribution in [2.24, 2.45) is 5.73 Å². The van der Waals surface area contributed by atoms with E-state index >= 15 is 0 Å². The number of nitrogens with one attached hydrogen (secondary N) is 1. The molecule has 0 spiro atoms. The lowest BCUT2D eigenvalue weighted by atomic mass is 10.1. The lowest BCUT2D eigenvalue weighted by Crippen LogP contribution is -2.09. The van der Waals surface area contributed by atoms with Gasteiger partial charge >= 0.3 is 0 Å². The van der Waals surface area contributed by atoms with E-state index in [1.54, 1.807) is 0 Å². The third kappa shape index (κ3) is 2.00. The molecule has 2 atom stereocenters. The normalized spacial score (nSPS) is 21.7. The van der Waals surface area contributed by atoms with Gasteiger partial charge in [-0.2, -0.15) is 0 Å². The summed E-state index contributed by atoms with van der Waals surface area (Å²) >= 11 is 0. The van der Waals surface area contributed by atoms with Crippen LogP contribution in [0.4, 0.5) is 5.69 Å². The van der Waals surface area contributed by atoms with Crippen LogP contribution >= 0.6 is 0 Å². The third-order valence-electron chi connectivity index (χ3n) is 3.65. The van der Waals surface area contributed by atoms with Crippen LogP contribution in [-0.2, 0) is 0 Å². The topological polar surface area (TPSA) is 38.0 Å². The third-order valence-corrected chi connectivity index (χ3v) is 3.65. The maximum Gasteiger partial charge on any atom is 0.0535 e. The minimum Gasteiger partial charge on any atom is -0.378 e. The molecule has 0 bridgehead atoms. The lowest BCUT2D eigenvalue weighted by molar-refractivity contribution is 0.648. The van der Waals surface area contributed by atoms with E-state index in [9.17, 15) is 0 Å². The predicted molar refractivity (Wildman–Crippen MR) is 75.5 cm³/mol. The molecule has 2 nitrogen and oxygen atoms in total. The fourth-order valence-electron chi connectivity index (χ4n) is 2.66. The van der Waals surface area contributed by atoms with Crippen LogP contribution < -0.4 is 11.1 Å². The van der Waals surface area contributed by atoms with Crippen molar-refractivity contribution in [3.05, 3.63) is 65.2 Å². The van der Waals surface area contributed by atoms with Crippen molar-refractivity contribution >= 4 is 5.69 Å². The van der Waals surface area contributed by atoms with E-state index in [1.165, 1.54) is 16.7 Å². The molecule has 3 rings (SSSR count). The minimum absolute atomic E-state index is 0.157. The molecule has 0 aromatic heterocycles. The molecule has 18 heavy (non-hydrogen) atoms. The SMILES string of the molecule is Cc1ccc(NC2CC(N)c3ccccc32)cc1. The summed E-state index contributed by atoms with van der Waals surface area (Å²) in [7, 11) is 0. The molecule has 0 heterocycles. The molecule has 2 aromatic carbocycles. The van der Waals surface area contributed by atoms with Gasteiger partial charge in [0.25, 0.3) is 0 Å². The van der Waals surface area contributed by atoms with Crippen LogP contribution in [0, 0.1) is 6.92 Å². The monoisotopic (exact) mass is 238 g/mol. The van der Waals surface area contributed by atoms with E-state index in [-0.39, 0.29) is 6.04 Å². The summed E-state index contributed by atoms with van der Waals surface area (Å²) in [6.45, 7) is 2.10. The van der Waals surface area contributed by atoms with Crippen LogP contribution in [0.1, 0.15) is 35.2 Å². The van der Waals surface area contributed by atoms with Crippen molar-refractivity contribution in [1.29, 1.82) is 0 Å². The number of hydrogen-bond donors (Lipinski definition) is 2. The van der Waals surface area contributed by atoms with Crippen LogP contribution in [0.15, 0.2) is 48.5 Å².